The van der Waals surface area contributed by atoms with E-state index in [-0.39, 0.29) is 17.4 Å². The zero-order valence-corrected chi connectivity index (χ0v) is 18.1. The van der Waals surface area contributed by atoms with E-state index in [1.54, 1.807) is 18.7 Å². The molecule has 0 bridgehead atoms. The molecule has 0 unspecified atom stereocenters. The lowest BCUT2D eigenvalue weighted by molar-refractivity contribution is -0.113. The maximum atomic E-state index is 12.5. The number of pyridine rings is 1. The summed E-state index contributed by atoms with van der Waals surface area (Å²) >= 11 is 2.75. The van der Waals surface area contributed by atoms with Crippen LogP contribution in [0.1, 0.15) is 28.5 Å². The highest BCUT2D eigenvalue weighted by atomic mass is 32.2. The van der Waals surface area contributed by atoms with Crippen molar-refractivity contribution in [2.24, 2.45) is 0 Å². The molecule has 0 aliphatic rings. The second-order valence-corrected chi connectivity index (χ2v) is 8.47. The van der Waals surface area contributed by atoms with Crippen LogP contribution in [0.4, 0.5) is 5.69 Å². The van der Waals surface area contributed by atoms with E-state index in [1.165, 1.54) is 24.8 Å². The quantitative estimate of drug-likeness (QED) is 0.400. The molecule has 3 rings (SSSR count). The highest BCUT2D eigenvalue weighted by Crippen LogP contribution is 2.33. The van der Waals surface area contributed by atoms with Gasteiger partial charge in [0.1, 0.15) is 11.1 Å². The topological polar surface area (TPSA) is 82.8 Å². The van der Waals surface area contributed by atoms with Gasteiger partial charge in [-0.2, -0.15) is 5.26 Å². The third-order valence-corrected chi connectivity index (χ3v) is 6.22. The van der Waals surface area contributed by atoms with Gasteiger partial charge in [-0.25, -0.2) is 4.98 Å². The van der Waals surface area contributed by atoms with Gasteiger partial charge in [-0.05, 0) is 44.2 Å². The van der Waals surface area contributed by atoms with Crippen LogP contribution in [0.5, 0.6) is 0 Å². The van der Waals surface area contributed by atoms with Gasteiger partial charge in [0.25, 0.3) is 0 Å². The molecule has 1 N–H and O–H groups in total. The summed E-state index contributed by atoms with van der Waals surface area (Å²) in [6.45, 7) is 3.16. The molecule has 0 atom stereocenters. The molecule has 0 radical (unpaired) electrons. The number of para-hydroxylation sites is 1. The number of carbonyl (C=O) groups excluding carboxylic acids is 2. The van der Waals surface area contributed by atoms with Gasteiger partial charge in [-0.15, -0.1) is 0 Å². The number of rotatable bonds is 7. The molecular weight excluding hydrogens is 414 g/mol. The van der Waals surface area contributed by atoms with Crippen molar-refractivity contribution in [2.75, 3.05) is 11.1 Å². The molecule has 0 spiro atoms. The van der Waals surface area contributed by atoms with Gasteiger partial charge in [0.15, 0.2) is 5.78 Å². The van der Waals surface area contributed by atoms with E-state index >= 15 is 0 Å². The van der Waals surface area contributed by atoms with E-state index in [9.17, 15) is 14.9 Å². The first-order chi connectivity index (χ1) is 14.5. The van der Waals surface area contributed by atoms with E-state index in [0.717, 1.165) is 15.5 Å². The Labute approximate surface area is 183 Å². The van der Waals surface area contributed by atoms with Crippen molar-refractivity contribution in [1.29, 1.82) is 5.26 Å². The van der Waals surface area contributed by atoms with Gasteiger partial charge in [0.05, 0.1) is 17.0 Å². The third kappa shape index (κ3) is 5.50. The van der Waals surface area contributed by atoms with Crippen molar-refractivity contribution in [2.45, 2.75) is 28.7 Å². The molecule has 7 heteroatoms. The lowest BCUT2D eigenvalue weighted by Crippen LogP contribution is -2.15. The van der Waals surface area contributed by atoms with Gasteiger partial charge in [-0.1, -0.05) is 53.9 Å². The zero-order chi connectivity index (χ0) is 21.5. The van der Waals surface area contributed by atoms with Crippen molar-refractivity contribution >= 4 is 40.9 Å². The maximum absolute atomic E-state index is 12.5. The van der Waals surface area contributed by atoms with Crippen LogP contribution >= 0.6 is 23.5 Å². The fraction of sp³-hybridized carbons (Fsp3) is 0.130. The molecule has 3 aromatic rings. The number of nitrogens with zero attached hydrogens (tertiary/aromatic N) is 2. The van der Waals surface area contributed by atoms with Crippen LogP contribution in [-0.4, -0.2) is 22.4 Å². The van der Waals surface area contributed by atoms with E-state index in [4.69, 9.17) is 0 Å². The highest BCUT2D eigenvalue weighted by Gasteiger charge is 2.15. The Hall–Kier alpha value is -3.08. The largest absolute Gasteiger partial charge is 0.324 e. The zero-order valence-electron chi connectivity index (χ0n) is 16.5. The summed E-state index contributed by atoms with van der Waals surface area (Å²) in [6, 6.07) is 21.1. The molecule has 2 aromatic carbocycles. The lowest BCUT2D eigenvalue weighted by atomic mass is 10.1. The molecule has 5 nitrogen and oxygen atoms in total. The Bertz CT molecular complexity index is 1130. The number of nitrogens with one attached hydrogen (secondary N) is 1. The van der Waals surface area contributed by atoms with Gasteiger partial charge < -0.3 is 5.32 Å². The Morgan fingerprint density at radius 3 is 2.50 bits per heavy atom. The second-order valence-electron chi connectivity index (χ2n) is 6.39. The number of thioether (sulfide) groups is 1. The Kier molecular flexibility index (Phi) is 7.28. The molecule has 1 heterocycles. The average Bonchev–Trinajstić information content (AvgIpc) is 2.74. The standard InChI is InChI=1S/C23H19N3O2S2/c1-15-19(16(2)27)12-17(13-24)23(25-15)29-14-22(28)26-20-10-6-7-11-21(20)30-18-8-4-3-5-9-18/h3-12H,14H2,1-2H3,(H,26,28). The molecule has 1 amide bonds. The molecule has 0 fully saturated rings. The number of aryl methyl sites for hydroxylation is 1. The number of aromatic nitrogens is 1. The number of Topliss-reactive ketones (excluding diaryl/α,β-unsaturated/α-hetero) is 1. The van der Waals surface area contributed by atoms with Gasteiger partial charge in [-0.3, -0.25) is 9.59 Å². The van der Waals surface area contributed by atoms with Crippen LogP contribution in [0.25, 0.3) is 0 Å². The summed E-state index contributed by atoms with van der Waals surface area (Å²) in [5.41, 5.74) is 2.00. The third-order valence-electron chi connectivity index (χ3n) is 4.15. The van der Waals surface area contributed by atoms with Crippen molar-refractivity contribution in [3.05, 3.63) is 77.5 Å². The lowest BCUT2D eigenvalue weighted by Gasteiger charge is -2.11. The van der Waals surface area contributed by atoms with Crippen LogP contribution < -0.4 is 5.32 Å². The molecule has 0 aliphatic carbocycles. The molecule has 0 saturated carbocycles. The van der Waals surface area contributed by atoms with Crippen LogP contribution in [0.3, 0.4) is 0 Å². The van der Waals surface area contributed by atoms with E-state index in [0.29, 0.717) is 21.8 Å². The van der Waals surface area contributed by atoms with Crippen LogP contribution in [0, 0.1) is 18.3 Å². The average molecular weight is 434 g/mol. The Morgan fingerprint density at radius 2 is 1.80 bits per heavy atom. The van der Waals surface area contributed by atoms with Crippen molar-refractivity contribution < 1.29 is 9.59 Å². The molecule has 1 aromatic heterocycles. The number of hydrogen-bond acceptors (Lipinski definition) is 6. The summed E-state index contributed by atoms with van der Waals surface area (Å²) in [4.78, 5) is 30.6. The molecule has 0 saturated heterocycles. The van der Waals surface area contributed by atoms with E-state index in [2.05, 4.69) is 16.4 Å². The minimum absolute atomic E-state index is 0.102. The molecule has 30 heavy (non-hydrogen) atoms. The highest BCUT2D eigenvalue weighted by molar-refractivity contribution is 8.00. The first-order valence-electron chi connectivity index (χ1n) is 9.15. The molecular formula is C23H19N3O2S2. The number of nitriles is 1. The molecule has 150 valence electrons. The first-order valence-corrected chi connectivity index (χ1v) is 11.0. The van der Waals surface area contributed by atoms with Crippen molar-refractivity contribution in [3.8, 4) is 6.07 Å². The fourth-order valence-electron chi connectivity index (χ4n) is 2.72. The van der Waals surface area contributed by atoms with Gasteiger partial charge >= 0.3 is 0 Å². The van der Waals surface area contributed by atoms with Crippen molar-refractivity contribution in [3.63, 3.8) is 0 Å². The van der Waals surface area contributed by atoms with Crippen LogP contribution in [-0.2, 0) is 4.79 Å². The second kappa shape index (κ2) is 10.1. The minimum atomic E-state index is -0.194. The number of ketones is 1. The smallest absolute Gasteiger partial charge is 0.234 e. The monoisotopic (exact) mass is 433 g/mol. The predicted octanol–water partition coefficient (Wildman–Crippen LogP) is 5.35. The number of benzene rings is 2. The first kappa shape index (κ1) is 21.6. The van der Waals surface area contributed by atoms with Gasteiger partial charge in [0, 0.05) is 21.0 Å². The summed E-state index contributed by atoms with van der Waals surface area (Å²) in [5.74, 6) is -0.233. The van der Waals surface area contributed by atoms with Gasteiger partial charge in [0.2, 0.25) is 5.91 Å². The number of hydrogen-bond donors (Lipinski definition) is 1. The molecule has 0 aliphatic heterocycles. The summed E-state index contributed by atoms with van der Waals surface area (Å²) < 4.78 is 0. The predicted molar refractivity (Wildman–Crippen MR) is 120 cm³/mol. The van der Waals surface area contributed by atoms with Crippen LogP contribution in [0.2, 0.25) is 0 Å². The Morgan fingerprint density at radius 1 is 1.10 bits per heavy atom. The minimum Gasteiger partial charge on any atom is -0.324 e. The Balaban J connectivity index is 1.70. The van der Waals surface area contributed by atoms with Crippen LogP contribution in [0.15, 0.2) is 75.5 Å². The normalized spacial score (nSPS) is 10.3. The maximum Gasteiger partial charge on any atom is 0.234 e. The number of carbonyl (C=O) groups is 2. The summed E-state index contributed by atoms with van der Waals surface area (Å²) in [6.07, 6.45) is 0. The van der Waals surface area contributed by atoms with E-state index in [1.807, 2.05) is 54.6 Å². The van der Waals surface area contributed by atoms with Crippen molar-refractivity contribution in [1.82, 2.24) is 4.98 Å². The fourth-order valence-corrected chi connectivity index (χ4v) is 4.45. The van der Waals surface area contributed by atoms with E-state index < -0.39 is 0 Å². The number of amides is 1. The summed E-state index contributed by atoms with van der Waals surface area (Å²) in [5, 5.41) is 12.8. The SMILES string of the molecule is CC(=O)c1cc(C#N)c(SCC(=O)Nc2ccccc2Sc2ccccc2)nc1C. The number of anilines is 1. The summed E-state index contributed by atoms with van der Waals surface area (Å²) in [7, 11) is 0.